The van der Waals surface area contributed by atoms with Gasteiger partial charge in [0.25, 0.3) is 0 Å². The Balaban J connectivity index is 0.00000200. The van der Waals surface area contributed by atoms with Crippen molar-refractivity contribution in [2.75, 3.05) is 32.1 Å². The van der Waals surface area contributed by atoms with Gasteiger partial charge in [-0.15, -0.1) is 24.0 Å². The van der Waals surface area contributed by atoms with Crippen LogP contribution in [0.3, 0.4) is 0 Å². The molecule has 2 rings (SSSR count). The molecular weight excluding hydrogens is 367 g/mol. The zero-order valence-electron chi connectivity index (χ0n) is 11.8. The molecule has 0 spiro atoms. The Labute approximate surface area is 136 Å². The van der Waals surface area contributed by atoms with Gasteiger partial charge in [0.1, 0.15) is 0 Å². The lowest BCUT2D eigenvalue weighted by Gasteiger charge is -2.29. The number of hydrogen-bond donors (Lipinski definition) is 2. The number of rotatable bonds is 2. The van der Waals surface area contributed by atoms with Crippen LogP contribution >= 0.6 is 24.0 Å². The molecule has 0 fully saturated rings. The highest BCUT2D eigenvalue weighted by atomic mass is 127. The fraction of sp³-hybridized carbons (Fsp3) is 0.429. The fourth-order valence-electron chi connectivity index (χ4n) is 2.33. The third-order valence-electron chi connectivity index (χ3n) is 3.28. The Hall–Kier alpha value is -1.31. The smallest absolute Gasteiger partial charge is 0.246 e. The van der Waals surface area contributed by atoms with Gasteiger partial charge in [-0.05, 0) is 24.5 Å². The predicted molar refractivity (Wildman–Crippen MR) is 93.0 cm³/mol. The first-order chi connectivity index (χ1) is 9.26. The first-order valence-electron chi connectivity index (χ1n) is 6.53. The number of guanidine groups is 1. The van der Waals surface area contributed by atoms with Crippen LogP contribution in [0.2, 0.25) is 0 Å². The second-order valence-corrected chi connectivity index (χ2v) is 4.45. The number of anilines is 1. The number of nitrogens with zero attached hydrogens (tertiary/aromatic N) is 2. The van der Waals surface area contributed by atoms with E-state index in [2.05, 4.69) is 21.7 Å². The number of amides is 1. The minimum absolute atomic E-state index is 0. The third kappa shape index (κ3) is 3.84. The van der Waals surface area contributed by atoms with Crippen LogP contribution in [-0.4, -0.2) is 39.1 Å². The van der Waals surface area contributed by atoms with E-state index in [1.165, 1.54) is 5.56 Å². The molecule has 0 atom stereocenters. The van der Waals surface area contributed by atoms with Crippen LogP contribution in [0.25, 0.3) is 0 Å². The van der Waals surface area contributed by atoms with E-state index >= 15 is 0 Å². The summed E-state index contributed by atoms with van der Waals surface area (Å²) in [5, 5.41) is 5.89. The number of carbonyl (C=O) groups is 1. The summed E-state index contributed by atoms with van der Waals surface area (Å²) in [6.07, 6.45) is 2.06. The Kier molecular flexibility index (Phi) is 6.77. The summed E-state index contributed by atoms with van der Waals surface area (Å²) >= 11 is 0. The standard InChI is InChI=1S/C14H20N4O.HI/c1-15-14(16-2)17-10-13(19)18-9-5-7-11-6-3-4-8-12(11)18;/h3-4,6,8H,5,7,9-10H2,1-2H3,(H2,15,16,17);1H. The topological polar surface area (TPSA) is 56.7 Å². The lowest BCUT2D eigenvalue weighted by Crippen LogP contribution is -2.45. The molecule has 1 amide bonds. The molecule has 0 saturated heterocycles. The van der Waals surface area contributed by atoms with Crippen LogP contribution in [0.1, 0.15) is 12.0 Å². The lowest BCUT2D eigenvalue weighted by molar-refractivity contribution is -0.117. The largest absolute Gasteiger partial charge is 0.359 e. The highest BCUT2D eigenvalue weighted by Gasteiger charge is 2.21. The van der Waals surface area contributed by atoms with Crippen molar-refractivity contribution in [3.63, 3.8) is 0 Å². The van der Waals surface area contributed by atoms with Crippen LogP contribution < -0.4 is 15.5 Å². The highest BCUT2D eigenvalue weighted by molar-refractivity contribution is 14.0. The highest BCUT2D eigenvalue weighted by Crippen LogP contribution is 2.26. The summed E-state index contributed by atoms with van der Waals surface area (Å²) in [4.78, 5) is 18.1. The Morgan fingerprint density at radius 2 is 2.15 bits per heavy atom. The van der Waals surface area contributed by atoms with Crippen molar-refractivity contribution in [3.05, 3.63) is 29.8 Å². The number of halogens is 1. The molecular formula is C14H21IN4O. The van der Waals surface area contributed by atoms with Gasteiger partial charge in [0, 0.05) is 26.3 Å². The molecule has 0 aromatic heterocycles. The van der Waals surface area contributed by atoms with Crippen molar-refractivity contribution >= 4 is 41.5 Å². The van der Waals surface area contributed by atoms with Gasteiger partial charge in [0.15, 0.2) is 5.96 Å². The van der Waals surface area contributed by atoms with Crippen molar-refractivity contribution in [1.82, 2.24) is 10.6 Å². The molecule has 0 saturated carbocycles. The Bertz CT molecular complexity index is 490. The SMILES string of the molecule is CN=C(NC)NCC(=O)N1CCCc2ccccc21.I. The number of para-hydroxylation sites is 1. The molecule has 0 bridgehead atoms. The predicted octanol–water partition coefficient (Wildman–Crippen LogP) is 1.38. The first-order valence-corrected chi connectivity index (χ1v) is 6.53. The van der Waals surface area contributed by atoms with Gasteiger partial charge in [-0.25, -0.2) is 0 Å². The zero-order chi connectivity index (χ0) is 13.7. The van der Waals surface area contributed by atoms with Gasteiger partial charge < -0.3 is 15.5 Å². The van der Waals surface area contributed by atoms with Gasteiger partial charge in [-0.3, -0.25) is 9.79 Å². The molecule has 5 nitrogen and oxygen atoms in total. The van der Waals surface area contributed by atoms with Crippen molar-refractivity contribution in [2.24, 2.45) is 4.99 Å². The number of aliphatic imine (C=N–C) groups is 1. The minimum atomic E-state index is 0. The number of fused-ring (bicyclic) bond motifs is 1. The Morgan fingerprint density at radius 1 is 1.40 bits per heavy atom. The third-order valence-corrected chi connectivity index (χ3v) is 3.28. The van der Waals surface area contributed by atoms with Crippen molar-refractivity contribution in [1.29, 1.82) is 0 Å². The number of hydrogen-bond acceptors (Lipinski definition) is 2. The zero-order valence-corrected chi connectivity index (χ0v) is 14.2. The summed E-state index contributed by atoms with van der Waals surface area (Å²) in [5.41, 5.74) is 2.29. The number of carbonyl (C=O) groups excluding carboxylic acids is 1. The average Bonchev–Trinajstić information content (AvgIpc) is 2.47. The van der Waals surface area contributed by atoms with Crippen molar-refractivity contribution < 1.29 is 4.79 Å². The molecule has 1 aromatic rings. The van der Waals surface area contributed by atoms with Gasteiger partial charge in [0.05, 0.1) is 6.54 Å². The molecule has 2 N–H and O–H groups in total. The molecule has 1 aromatic carbocycles. The Morgan fingerprint density at radius 3 is 2.85 bits per heavy atom. The van der Waals surface area contributed by atoms with E-state index in [4.69, 9.17) is 0 Å². The first kappa shape index (κ1) is 16.7. The van der Waals surface area contributed by atoms with E-state index in [9.17, 15) is 4.79 Å². The van der Waals surface area contributed by atoms with Crippen LogP contribution in [-0.2, 0) is 11.2 Å². The van der Waals surface area contributed by atoms with E-state index in [1.54, 1.807) is 14.1 Å². The normalized spacial score (nSPS) is 14.1. The maximum Gasteiger partial charge on any atom is 0.246 e. The minimum Gasteiger partial charge on any atom is -0.359 e. The van der Waals surface area contributed by atoms with E-state index < -0.39 is 0 Å². The molecule has 0 radical (unpaired) electrons. The molecule has 0 aliphatic carbocycles. The number of aryl methyl sites for hydroxylation is 1. The number of nitrogens with one attached hydrogen (secondary N) is 2. The van der Waals surface area contributed by atoms with Crippen LogP contribution in [0.15, 0.2) is 29.3 Å². The summed E-state index contributed by atoms with van der Waals surface area (Å²) in [5.74, 6) is 0.696. The second kappa shape index (κ2) is 8.08. The maximum absolute atomic E-state index is 12.3. The molecule has 6 heteroatoms. The lowest BCUT2D eigenvalue weighted by atomic mass is 10.0. The second-order valence-electron chi connectivity index (χ2n) is 4.45. The number of benzene rings is 1. The maximum atomic E-state index is 12.3. The summed E-state index contributed by atoms with van der Waals surface area (Å²) in [6.45, 7) is 1.04. The van der Waals surface area contributed by atoms with Crippen molar-refractivity contribution in [2.45, 2.75) is 12.8 Å². The summed E-state index contributed by atoms with van der Waals surface area (Å²) in [7, 11) is 3.45. The van der Waals surface area contributed by atoms with Crippen molar-refractivity contribution in [3.8, 4) is 0 Å². The van der Waals surface area contributed by atoms with Gasteiger partial charge in [-0.1, -0.05) is 18.2 Å². The van der Waals surface area contributed by atoms with E-state index in [-0.39, 0.29) is 36.4 Å². The fourth-order valence-corrected chi connectivity index (χ4v) is 2.33. The molecule has 20 heavy (non-hydrogen) atoms. The molecule has 0 unspecified atom stereocenters. The molecule has 1 aliphatic rings. The quantitative estimate of drug-likeness (QED) is 0.457. The van der Waals surface area contributed by atoms with Gasteiger partial charge >= 0.3 is 0 Å². The van der Waals surface area contributed by atoms with Gasteiger partial charge in [0.2, 0.25) is 5.91 Å². The summed E-state index contributed by atoms with van der Waals surface area (Å²) < 4.78 is 0. The molecule has 110 valence electrons. The van der Waals surface area contributed by atoms with Crippen LogP contribution in [0.4, 0.5) is 5.69 Å². The average molecular weight is 388 g/mol. The van der Waals surface area contributed by atoms with E-state index in [1.807, 2.05) is 23.1 Å². The van der Waals surface area contributed by atoms with Crippen LogP contribution in [0, 0.1) is 0 Å². The summed E-state index contributed by atoms with van der Waals surface area (Å²) in [6, 6.07) is 8.10. The molecule has 1 aliphatic heterocycles. The van der Waals surface area contributed by atoms with E-state index in [0.717, 1.165) is 25.1 Å². The van der Waals surface area contributed by atoms with E-state index in [0.29, 0.717) is 5.96 Å². The van der Waals surface area contributed by atoms with Gasteiger partial charge in [-0.2, -0.15) is 0 Å². The van der Waals surface area contributed by atoms with Crippen LogP contribution in [0.5, 0.6) is 0 Å². The monoisotopic (exact) mass is 388 g/mol. The molecule has 1 heterocycles.